The van der Waals surface area contributed by atoms with Crippen LogP contribution in [0.3, 0.4) is 0 Å². The zero-order chi connectivity index (χ0) is 14.7. The molecule has 1 aromatic heterocycles. The number of methoxy groups -OCH3 is 1. The summed E-state index contributed by atoms with van der Waals surface area (Å²) in [6.45, 7) is 0. The summed E-state index contributed by atoms with van der Waals surface area (Å²) in [5.74, 6) is 0.861. The Morgan fingerprint density at radius 2 is 2.10 bits per heavy atom. The Balaban J connectivity index is 2.31. The monoisotopic (exact) mass is 437 g/mol. The van der Waals surface area contributed by atoms with Gasteiger partial charge < -0.3 is 10.1 Å². The maximum absolute atomic E-state index is 6.09. The van der Waals surface area contributed by atoms with Gasteiger partial charge in [-0.2, -0.15) is 0 Å². The standard InChI is InChI=1S/C14H14Br2ClNOS/c1-18-11(10-7-13(15)20-14(10)16)6-8-5-9(17)3-4-12(8)19-2/h3-5,7,11,18H,6H2,1-2H3. The Bertz CT molecular complexity index is 603. The predicted molar refractivity (Wildman–Crippen MR) is 93.2 cm³/mol. The highest BCUT2D eigenvalue weighted by Gasteiger charge is 2.18. The lowest BCUT2D eigenvalue weighted by molar-refractivity contribution is 0.406. The van der Waals surface area contributed by atoms with E-state index in [-0.39, 0.29) is 6.04 Å². The summed E-state index contributed by atoms with van der Waals surface area (Å²) in [6.07, 6.45) is 0.808. The van der Waals surface area contributed by atoms with Gasteiger partial charge in [-0.1, -0.05) is 11.6 Å². The Kier molecular flexibility index (Phi) is 5.93. The van der Waals surface area contributed by atoms with E-state index < -0.39 is 0 Å². The fourth-order valence-electron chi connectivity index (χ4n) is 2.08. The van der Waals surface area contributed by atoms with Crippen LogP contribution in [0.25, 0.3) is 0 Å². The molecule has 0 radical (unpaired) electrons. The third-order valence-corrected chi connectivity index (χ3v) is 5.69. The summed E-state index contributed by atoms with van der Waals surface area (Å²) in [5.41, 5.74) is 2.32. The van der Waals surface area contributed by atoms with Gasteiger partial charge in [0.05, 0.1) is 14.7 Å². The van der Waals surface area contributed by atoms with Crippen molar-refractivity contribution in [2.24, 2.45) is 0 Å². The van der Waals surface area contributed by atoms with Crippen molar-refractivity contribution in [3.63, 3.8) is 0 Å². The van der Waals surface area contributed by atoms with Crippen LogP contribution in [0.2, 0.25) is 5.02 Å². The van der Waals surface area contributed by atoms with Crippen LogP contribution in [-0.2, 0) is 6.42 Å². The van der Waals surface area contributed by atoms with Crippen molar-refractivity contribution in [1.29, 1.82) is 0 Å². The smallest absolute Gasteiger partial charge is 0.122 e. The highest BCUT2D eigenvalue weighted by Crippen LogP contribution is 2.37. The SMILES string of the molecule is CNC(Cc1cc(Cl)ccc1OC)c1cc(Br)sc1Br. The lowest BCUT2D eigenvalue weighted by Crippen LogP contribution is -2.19. The van der Waals surface area contributed by atoms with Gasteiger partial charge in [-0.3, -0.25) is 0 Å². The lowest BCUT2D eigenvalue weighted by atomic mass is 10.0. The number of likely N-dealkylation sites (N-methyl/N-ethyl adjacent to an activating group) is 1. The first-order valence-corrected chi connectivity index (χ1v) is 8.77. The zero-order valence-corrected chi connectivity index (χ0v) is 15.8. The van der Waals surface area contributed by atoms with Crippen molar-refractivity contribution < 1.29 is 4.74 Å². The number of ether oxygens (including phenoxy) is 1. The van der Waals surface area contributed by atoms with Gasteiger partial charge in [0.15, 0.2) is 0 Å². The number of nitrogens with one attached hydrogen (secondary N) is 1. The predicted octanol–water partition coefficient (Wildman–Crippen LogP) is 5.44. The third kappa shape index (κ3) is 3.77. The van der Waals surface area contributed by atoms with Gasteiger partial charge in [0.2, 0.25) is 0 Å². The van der Waals surface area contributed by atoms with E-state index in [0.717, 1.165) is 30.3 Å². The molecule has 1 aromatic carbocycles. The van der Waals surface area contributed by atoms with E-state index in [2.05, 4.69) is 43.2 Å². The van der Waals surface area contributed by atoms with E-state index in [1.807, 2.05) is 25.2 Å². The second-order valence-corrected chi connectivity index (χ2v) is 8.47. The average molecular weight is 440 g/mol. The molecule has 6 heteroatoms. The first kappa shape index (κ1) is 16.3. The minimum Gasteiger partial charge on any atom is -0.496 e. The molecule has 0 aliphatic carbocycles. The molecule has 1 heterocycles. The van der Waals surface area contributed by atoms with Crippen LogP contribution in [0.4, 0.5) is 0 Å². The number of rotatable bonds is 5. The lowest BCUT2D eigenvalue weighted by Gasteiger charge is -2.18. The molecule has 0 bridgehead atoms. The van der Waals surface area contributed by atoms with E-state index >= 15 is 0 Å². The summed E-state index contributed by atoms with van der Waals surface area (Å²) in [5, 5.41) is 4.07. The van der Waals surface area contributed by atoms with Crippen LogP contribution in [-0.4, -0.2) is 14.2 Å². The van der Waals surface area contributed by atoms with Crippen molar-refractivity contribution in [2.45, 2.75) is 12.5 Å². The van der Waals surface area contributed by atoms with Gasteiger partial charge >= 0.3 is 0 Å². The average Bonchev–Trinajstić information content (AvgIpc) is 2.75. The molecule has 1 unspecified atom stereocenters. The van der Waals surface area contributed by atoms with Gasteiger partial charge in [-0.05, 0) is 80.7 Å². The molecule has 2 rings (SSSR count). The van der Waals surface area contributed by atoms with Crippen LogP contribution in [0.5, 0.6) is 5.75 Å². The number of hydrogen-bond donors (Lipinski definition) is 1. The molecule has 0 spiro atoms. The van der Waals surface area contributed by atoms with Crippen molar-refractivity contribution in [3.8, 4) is 5.75 Å². The molecule has 1 N–H and O–H groups in total. The number of hydrogen-bond acceptors (Lipinski definition) is 3. The summed E-state index contributed by atoms with van der Waals surface area (Å²) < 4.78 is 7.65. The van der Waals surface area contributed by atoms with Crippen LogP contribution in [0.15, 0.2) is 31.8 Å². The van der Waals surface area contributed by atoms with Crippen LogP contribution < -0.4 is 10.1 Å². The minimum absolute atomic E-state index is 0.194. The summed E-state index contributed by atoms with van der Waals surface area (Å²) >= 11 is 14.9. The molecular formula is C14H14Br2ClNOS. The highest BCUT2D eigenvalue weighted by molar-refractivity contribution is 9.12. The van der Waals surface area contributed by atoms with Gasteiger partial charge in [-0.15, -0.1) is 11.3 Å². The molecule has 0 saturated carbocycles. The molecule has 2 nitrogen and oxygen atoms in total. The maximum Gasteiger partial charge on any atom is 0.122 e. The Morgan fingerprint density at radius 1 is 1.35 bits per heavy atom. The molecule has 0 aliphatic heterocycles. The van der Waals surface area contributed by atoms with Crippen LogP contribution in [0, 0.1) is 0 Å². The van der Waals surface area contributed by atoms with E-state index in [4.69, 9.17) is 16.3 Å². The van der Waals surface area contributed by atoms with Crippen molar-refractivity contribution in [3.05, 3.63) is 48.0 Å². The van der Waals surface area contributed by atoms with Crippen molar-refractivity contribution >= 4 is 54.8 Å². The number of thiophene rings is 1. The largest absolute Gasteiger partial charge is 0.496 e. The Morgan fingerprint density at radius 3 is 2.65 bits per heavy atom. The van der Waals surface area contributed by atoms with E-state index in [0.29, 0.717) is 0 Å². The molecule has 1 atom stereocenters. The Hall–Kier alpha value is -0.0700. The van der Waals surface area contributed by atoms with E-state index in [9.17, 15) is 0 Å². The Labute approximate surface area is 144 Å². The first-order valence-electron chi connectivity index (χ1n) is 5.99. The number of benzene rings is 1. The molecular weight excluding hydrogens is 425 g/mol. The molecule has 0 saturated heterocycles. The van der Waals surface area contributed by atoms with Crippen molar-refractivity contribution in [2.75, 3.05) is 14.2 Å². The highest BCUT2D eigenvalue weighted by atomic mass is 79.9. The van der Waals surface area contributed by atoms with Crippen LogP contribution in [0.1, 0.15) is 17.2 Å². The second kappa shape index (κ2) is 7.27. The zero-order valence-electron chi connectivity index (χ0n) is 11.0. The second-order valence-electron chi connectivity index (χ2n) is 4.28. The van der Waals surface area contributed by atoms with Crippen LogP contribution >= 0.6 is 54.8 Å². The molecule has 2 aromatic rings. The van der Waals surface area contributed by atoms with Gasteiger partial charge in [0, 0.05) is 11.1 Å². The molecule has 108 valence electrons. The van der Waals surface area contributed by atoms with Crippen molar-refractivity contribution in [1.82, 2.24) is 5.32 Å². The quantitative estimate of drug-likeness (QED) is 0.670. The van der Waals surface area contributed by atoms with E-state index in [1.165, 1.54) is 5.56 Å². The summed E-state index contributed by atoms with van der Waals surface area (Å²) in [4.78, 5) is 0. The molecule has 0 amide bonds. The summed E-state index contributed by atoms with van der Waals surface area (Å²) in [7, 11) is 3.64. The van der Waals surface area contributed by atoms with Gasteiger partial charge in [-0.25, -0.2) is 0 Å². The first-order chi connectivity index (χ1) is 9.55. The number of halogens is 3. The summed E-state index contributed by atoms with van der Waals surface area (Å²) in [6, 6.07) is 8.03. The fraction of sp³-hybridized carbons (Fsp3) is 0.286. The topological polar surface area (TPSA) is 21.3 Å². The third-order valence-electron chi connectivity index (χ3n) is 3.07. The van der Waals surface area contributed by atoms with E-state index in [1.54, 1.807) is 18.4 Å². The fourth-order valence-corrected chi connectivity index (χ4v) is 5.25. The maximum atomic E-state index is 6.09. The molecule has 0 fully saturated rings. The minimum atomic E-state index is 0.194. The molecule has 20 heavy (non-hydrogen) atoms. The molecule has 0 aliphatic rings. The van der Waals surface area contributed by atoms with Gasteiger partial charge in [0.25, 0.3) is 0 Å². The normalized spacial score (nSPS) is 12.4. The van der Waals surface area contributed by atoms with Gasteiger partial charge in [0.1, 0.15) is 5.75 Å².